The van der Waals surface area contributed by atoms with Gasteiger partial charge in [-0.25, -0.2) is 0 Å². The van der Waals surface area contributed by atoms with Crippen LogP contribution in [-0.2, 0) is 4.74 Å². The molecular formula is C13H25NO. The van der Waals surface area contributed by atoms with E-state index in [0.29, 0.717) is 12.2 Å². The zero-order chi connectivity index (χ0) is 10.7. The van der Waals surface area contributed by atoms with Crippen molar-refractivity contribution in [3.05, 3.63) is 0 Å². The first-order valence-corrected chi connectivity index (χ1v) is 6.58. The summed E-state index contributed by atoms with van der Waals surface area (Å²) in [4.78, 5) is 0. The molecule has 2 saturated carbocycles. The van der Waals surface area contributed by atoms with Gasteiger partial charge in [-0.15, -0.1) is 0 Å². The molecule has 88 valence electrons. The lowest BCUT2D eigenvalue weighted by molar-refractivity contribution is -0.0892. The maximum absolute atomic E-state index is 6.12. The van der Waals surface area contributed by atoms with Crippen LogP contribution in [0.4, 0.5) is 0 Å². The molecule has 0 saturated heterocycles. The fourth-order valence-electron chi connectivity index (χ4n) is 2.88. The quantitative estimate of drug-likeness (QED) is 0.771. The van der Waals surface area contributed by atoms with Crippen LogP contribution in [0, 0.1) is 11.8 Å². The van der Waals surface area contributed by atoms with E-state index in [-0.39, 0.29) is 0 Å². The van der Waals surface area contributed by atoms with Gasteiger partial charge in [-0.1, -0.05) is 6.92 Å². The van der Waals surface area contributed by atoms with Crippen LogP contribution in [0.1, 0.15) is 45.4 Å². The Kier molecular flexibility index (Phi) is 4.04. The third-order valence-corrected chi connectivity index (χ3v) is 4.03. The molecule has 0 aliphatic heterocycles. The van der Waals surface area contributed by atoms with Crippen LogP contribution in [0.5, 0.6) is 0 Å². The van der Waals surface area contributed by atoms with Gasteiger partial charge in [0, 0.05) is 0 Å². The Bertz CT molecular complexity index is 181. The highest BCUT2D eigenvalue weighted by molar-refractivity contribution is 4.83. The van der Waals surface area contributed by atoms with Crippen molar-refractivity contribution in [3.8, 4) is 0 Å². The Morgan fingerprint density at radius 3 is 2.33 bits per heavy atom. The lowest BCUT2D eigenvalue weighted by Gasteiger charge is -2.39. The van der Waals surface area contributed by atoms with Crippen molar-refractivity contribution in [3.63, 3.8) is 0 Å². The molecule has 0 aromatic heterocycles. The highest BCUT2D eigenvalue weighted by Gasteiger charge is 2.32. The lowest BCUT2D eigenvalue weighted by Crippen LogP contribution is -2.39. The third kappa shape index (κ3) is 3.18. The summed E-state index contributed by atoms with van der Waals surface area (Å²) in [5.74, 6) is 1.81. The van der Waals surface area contributed by atoms with Crippen LogP contribution in [0.2, 0.25) is 0 Å². The number of hydrogen-bond acceptors (Lipinski definition) is 2. The van der Waals surface area contributed by atoms with Crippen molar-refractivity contribution in [2.75, 3.05) is 13.6 Å². The second kappa shape index (κ2) is 5.31. The van der Waals surface area contributed by atoms with E-state index in [4.69, 9.17) is 4.74 Å². The maximum Gasteiger partial charge on any atom is 0.0585 e. The number of nitrogens with one attached hydrogen (secondary N) is 1. The summed E-state index contributed by atoms with van der Waals surface area (Å²) < 4.78 is 6.12. The van der Waals surface area contributed by atoms with Gasteiger partial charge < -0.3 is 10.1 Å². The summed E-state index contributed by atoms with van der Waals surface area (Å²) in [5.41, 5.74) is 0. The molecule has 0 spiro atoms. The lowest BCUT2D eigenvalue weighted by atomic mass is 9.81. The Morgan fingerprint density at radius 1 is 1.07 bits per heavy atom. The van der Waals surface area contributed by atoms with Crippen molar-refractivity contribution in [2.24, 2.45) is 11.8 Å². The molecule has 0 amide bonds. The molecule has 0 bridgehead atoms. The Labute approximate surface area is 93.8 Å². The van der Waals surface area contributed by atoms with Crippen LogP contribution < -0.4 is 5.32 Å². The summed E-state index contributed by atoms with van der Waals surface area (Å²) in [5, 5.41) is 3.24. The van der Waals surface area contributed by atoms with E-state index in [2.05, 4.69) is 12.2 Å². The van der Waals surface area contributed by atoms with Gasteiger partial charge in [0.2, 0.25) is 0 Å². The van der Waals surface area contributed by atoms with Gasteiger partial charge in [-0.3, -0.25) is 0 Å². The first-order chi connectivity index (χ1) is 7.28. The summed E-state index contributed by atoms with van der Waals surface area (Å²) in [6.07, 6.45) is 9.08. The minimum absolute atomic E-state index is 0.585. The van der Waals surface area contributed by atoms with Crippen molar-refractivity contribution in [1.29, 1.82) is 0 Å². The van der Waals surface area contributed by atoms with Gasteiger partial charge in [0.05, 0.1) is 12.2 Å². The van der Waals surface area contributed by atoms with Crippen molar-refractivity contribution < 1.29 is 4.74 Å². The number of hydrogen-bond donors (Lipinski definition) is 1. The summed E-state index contributed by atoms with van der Waals surface area (Å²) >= 11 is 0. The Hall–Kier alpha value is -0.0800. The molecular weight excluding hydrogens is 186 g/mol. The highest BCUT2D eigenvalue weighted by Crippen LogP contribution is 2.34. The van der Waals surface area contributed by atoms with E-state index in [1.165, 1.54) is 45.1 Å². The Morgan fingerprint density at radius 2 is 1.73 bits per heavy atom. The normalized spacial score (nSPS) is 41.2. The summed E-state index contributed by atoms with van der Waals surface area (Å²) in [7, 11) is 2.04. The average molecular weight is 211 g/mol. The zero-order valence-electron chi connectivity index (χ0n) is 10.2. The SMILES string of the molecule is CNCC1CC(OC2CCC(C)CC2)C1. The van der Waals surface area contributed by atoms with Gasteiger partial charge in [-0.05, 0) is 64.0 Å². The predicted octanol–water partition coefficient (Wildman–Crippen LogP) is 2.58. The topological polar surface area (TPSA) is 21.3 Å². The minimum atomic E-state index is 0.585. The van der Waals surface area contributed by atoms with Gasteiger partial charge in [0.1, 0.15) is 0 Å². The molecule has 2 aliphatic carbocycles. The molecule has 0 radical (unpaired) electrons. The molecule has 1 N–H and O–H groups in total. The van der Waals surface area contributed by atoms with Crippen LogP contribution >= 0.6 is 0 Å². The van der Waals surface area contributed by atoms with E-state index in [0.717, 1.165) is 11.8 Å². The molecule has 0 atom stereocenters. The second-order valence-electron chi connectivity index (χ2n) is 5.54. The Balaban J connectivity index is 1.59. The number of ether oxygens (including phenoxy) is 1. The second-order valence-corrected chi connectivity index (χ2v) is 5.54. The summed E-state index contributed by atoms with van der Waals surface area (Å²) in [6.45, 7) is 3.53. The smallest absolute Gasteiger partial charge is 0.0585 e. The summed E-state index contributed by atoms with van der Waals surface area (Å²) in [6, 6.07) is 0. The number of rotatable bonds is 4. The first-order valence-electron chi connectivity index (χ1n) is 6.58. The van der Waals surface area contributed by atoms with Gasteiger partial charge in [-0.2, -0.15) is 0 Å². The van der Waals surface area contributed by atoms with E-state index in [1.54, 1.807) is 0 Å². The van der Waals surface area contributed by atoms with E-state index >= 15 is 0 Å². The average Bonchev–Trinajstić information content (AvgIpc) is 2.18. The molecule has 0 aromatic rings. The largest absolute Gasteiger partial charge is 0.375 e. The van der Waals surface area contributed by atoms with Crippen molar-refractivity contribution in [2.45, 2.75) is 57.7 Å². The minimum Gasteiger partial charge on any atom is -0.375 e. The molecule has 0 aromatic carbocycles. The van der Waals surface area contributed by atoms with Crippen LogP contribution in [0.3, 0.4) is 0 Å². The van der Waals surface area contributed by atoms with E-state index in [9.17, 15) is 0 Å². The molecule has 0 unspecified atom stereocenters. The molecule has 2 rings (SSSR count). The predicted molar refractivity (Wildman–Crippen MR) is 62.9 cm³/mol. The molecule has 0 heterocycles. The monoisotopic (exact) mass is 211 g/mol. The molecule has 2 heteroatoms. The highest BCUT2D eigenvalue weighted by atomic mass is 16.5. The van der Waals surface area contributed by atoms with Gasteiger partial charge in [0.25, 0.3) is 0 Å². The van der Waals surface area contributed by atoms with Gasteiger partial charge >= 0.3 is 0 Å². The van der Waals surface area contributed by atoms with Crippen molar-refractivity contribution >= 4 is 0 Å². The van der Waals surface area contributed by atoms with E-state index in [1.807, 2.05) is 7.05 Å². The maximum atomic E-state index is 6.12. The van der Waals surface area contributed by atoms with Crippen LogP contribution in [0.15, 0.2) is 0 Å². The van der Waals surface area contributed by atoms with Crippen LogP contribution in [-0.4, -0.2) is 25.8 Å². The van der Waals surface area contributed by atoms with Crippen LogP contribution in [0.25, 0.3) is 0 Å². The molecule has 2 nitrogen and oxygen atoms in total. The first kappa shape index (κ1) is 11.4. The zero-order valence-corrected chi connectivity index (χ0v) is 10.2. The van der Waals surface area contributed by atoms with E-state index < -0.39 is 0 Å². The third-order valence-electron chi connectivity index (χ3n) is 4.03. The van der Waals surface area contributed by atoms with Gasteiger partial charge in [0.15, 0.2) is 0 Å². The fourth-order valence-corrected chi connectivity index (χ4v) is 2.88. The molecule has 2 aliphatic rings. The molecule has 15 heavy (non-hydrogen) atoms. The standard InChI is InChI=1S/C13H25NO/c1-10-3-5-12(6-4-10)15-13-7-11(8-13)9-14-2/h10-14H,3-9H2,1-2H3. The fraction of sp³-hybridized carbons (Fsp3) is 1.00. The van der Waals surface area contributed by atoms with Crippen molar-refractivity contribution in [1.82, 2.24) is 5.32 Å². The molecule has 2 fully saturated rings.